The van der Waals surface area contributed by atoms with Crippen LogP contribution in [0.1, 0.15) is 6.92 Å². The molecule has 0 bridgehead atoms. The molecule has 0 aromatic heterocycles. The Morgan fingerprint density at radius 2 is 1.83 bits per heavy atom. The maximum atomic E-state index is 12.4. The molecular weight excluding hydrogens is 308 g/mol. The Balaban J connectivity index is 2.10. The van der Waals surface area contributed by atoms with Crippen LogP contribution < -0.4 is 5.32 Å². The highest BCUT2D eigenvalue weighted by atomic mass is 32.2. The van der Waals surface area contributed by atoms with Crippen molar-refractivity contribution < 1.29 is 9.90 Å². The van der Waals surface area contributed by atoms with Crippen molar-refractivity contribution in [2.45, 2.75) is 22.8 Å². The summed E-state index contributed by atoms with van der Waals surface area (Å²) in [6.07, 6.45) is 0. The van der Waals surface area contributed by atoms with Crippen molar-refractivity contribution in [2.24, 2.45) is 0 Å². The molecule has 0 spiro atoms. The second-order valence-corrected chi connectivity index (χ2v) is 6.40. The van der Waals surface area contributed by atoms with E-state index in [1.807, 2.05) is 73.5 Å². The first-order chi connectivity index (χ1) is 11.1. The van der Waals surface area contributed by atoms with E-state index >= 15 is 0 Å². The van der Waals surface area contributed by atoms with Crippen LogP contribution in [-0.2, 0) is 4.79 Å². The van der Waals surface area contributed by atoms with Gasteiger partial charge in [-0.3, -0.25) is 9.69 Å². The number of para-hydroxylation sites is 1. The Hall–Kier alpha value is -1.82. The van der Waals surface area contributed by atoms with Crippen molar-refractivity contribution in [3.05, 3.63) is 54.6 Å². The molecule has 0 fully saturated rings. The number of benzene rings is 2. The predicted octanol–water partition coefficient (Wildman–Crippen LogP) is 3.09. The quantitative estimate of drug-likeness (QED) is 0.819. The van der Waals surface area contributed by atoms with Crippen molar-refractivity contribution in [3.8, 4) is 0 Å². The van der Waals surface area contributed by atoms with Gasteiger partial charge in [-0.2, -0.15) is 0 Å². The van der Waals surface area contributed by atoms with Gasteiger partial charge in [0.25, 0.3) is 0 Å². The summed E-state index contributed by atoms with van der Waals surface area (Å²) >= 11 is 1.62. The third kappa shape index (κ3) is 5.10. The predicted molar refractivity (Wildman–Crippen MR) is 94.8 cm³/mol. The Morgan fingerprint density at radius 1 is 1.17 bits per heavy atom. The van der Waals surface area contributed by atoms with Gasteiger partial charge in [0.05, 0.1) is 18.3 Å². The Labute approximate surface area is 141 Å². The van der Waals surface area contributed by atoms with E-state index < -0.39 is 0 Å². The van der Waals surface area contributed by atoms with Gasteiger partial charge in [0.2, 0.25) is 5.91 Å². The Bertz CT molecular complexity index is 634. The number of carbonyl (C=O) groups is 1. The van der Waals surface area contributed by atoms with Crippen LogP contribution in [0.2, 0.25) is 0 Å². The molecule has 4 nitrogen and oxygen atoms in total. The number of nitrogens with one attached hydrogen (secondary N) is 1. The van der Waals surface area contributed by atoms with Gasteiger partial charge in [0.15, 0.2) is 0 Å². The SMILES string of the molecule is CC(C(=O)Nc1ccccc1Sc1ccccc1)N(C)CCO. The van der Waals surface area contributed by atoms with E-state index in [1.54, 1.807) is 11.8 Å². The molecule has 23 heavy (non-hydrogen) atoms. The van der Waals surface area contributed by atoms with E-state index in [-0.39, 0.29) is 18.6 Å². The van der Waals surface area contributed by atoms with Gasteiger partial charge in [0, 0.05) is 16.3 Å². The van der Waals surface area contributed by atoms with Crippen LogP contribution >= 0.6 is 11.8 Å². The molecule has 0 heterocycles. The fraction of sp³-hybridized carbons (Fsp3) is 0.278. The van der Waals surface area contributed by atoms with Gasteiger partial charge >= 0.3 is 0 Å². The summed E-state index contributed by atoms with van der Waals surface area (Å²) in [5, 5.41) is 12.0. The molecule has 2 N–H and O–H groups in total. The molecule has 1 amide bonds. The minimum absolute atomic E-state index is 0.0363. The molecule has 2 rings (SSSR count). The minimum Gasteiger partial charge on any atom is -0.395 e. The lowest BCUT2D eigenvalue weighted by Gasteiger charge is -2.23. The van der Waals surface area contributed by atoms with Gasteiger partial charge < -0.3 is 10.4 Å². The lowest BCUT2D eigenvalue weighted by atomic mass is 10.2. The zero-order valence-corrected chi connectivity index (χ0v) is 14.2. The average molecular weight is 330 g/mol. The maximum absolute atomic E-state index is 12.4. The largest absolute Gasteiger partial charge is 0.395 e. The molecule has 0 radical (unpaired) electrons. The lowest BCUT2D eigenvalue weighted by Crippen LogP contribution is -2.40. The van der Waals surface area contributed by atoms with Gasteiger partial charge in [0.1, 0.15) is 0 Å². The molecule has 0 aliphatic heterocycles. The van der Waals surface area contributed by atoms with Crippen molar-refractivity contribution in [1.29, 1.82) is 0 Å². The molecule has 0 aliphatic rings. The highest BCUT2D eigenvalue weighted by Crippen LogP contribution is 2.33. The number of hydrogen-bond acceptors (Lipinski definition) is 4. The van der Waals surface area contributed by atoms with E-state index in [4.69, 9.17) is 5.11 Å². The van der Waals surface area contributed by atoms with Crippen LogP contribution in [0.4, 0.5) is 5.69 Å². The topological polar surface area (TPSA) is 52.6 Å². The molecule has 1 unspecified atom stereocenters. The van der Waals surface area contributed by atoms with Crippen molar-refractivity contribution in [3.63, 3.8) is 0 Å². The van der Waals surface area contributed by atoms with Crippen LogP contribution in [0.25, 0.3) is 0 Å². The molecule has 0 saturated heterocycles. The zero-order chi connectivity index (χ0) is 16.7. The smallest absolute Gasteiger partial charge is 0.241 e. The average Bonchev–Trinajstić information content (AvgIpc) is 2.57. The monoisotopic (exact) mass is 330 g/mol. The van der Waals surface area contributed by atoms with Crippen LogP contribution in [-0.4, -0.2) is 42.2 Å². The van der Waals surface area contributed by atoms with Crippen molar-refractivity contribution in [1.82, 2.24) is 4.90 Å². The van der Waals surface area contributed by atoms with Crippen LogP contribution in [0.3, 0.4) is 0 Å². The van der Waals surface area contributed by atoms with E-state index in [2.05, 4.69) is 5.32 Å². The molecule has 0 aliphatic carbocycles. The van der Waals surface area contributed by atoms with E-state index in [0.717, 1.165) is 15.5 Å². The molecule has 2 aromatic carbocycles. The van der Waals surface area contributed by atoms with Crippen LogP contribution in [0, 0.1) is 0 Å². The third-order valence-corrected chi connectivity index (χ3v) is 4.69. The standard InChI is InChI=1S/C18H22N2O2S/c1-14(20(2)12-13-21)18(22)19-16-10-6-7-11-17(16)23-15-8-4-3-5-9-15/h3-11,14,21H,12-13H2,1-2H3,(H,19,22). The number of carbonyl (C=O) groups excluding carboxylic acids is 1. The summed E-state index contributed by atoms with van der Waals surface area (Å²) in [7, 11) is 1.82. The number of amides is 1. The maximum Gasteiger partial charge on any atom is 0.241 e. The highest BCUT2D eigenvalue weighted by Gasteiger charge is 2.18. The summed E-state index contributed by atoms with van der Waals surface area (Å²) in [5.74, 6) is -0.0814. The fourth-order valence-corrected chi connectivity index (χ4v) is 2.99. The molecular formula is C18H22N2O2S. The minimum atomic E-state index is -0.308. The second-order valence-electron chi connectivity index (χ2n) is 5.28. The number of hydrogen-bond donors (Lipinski definition) is 2. The second kappa shape index (κ2) is 8.72. The Morgan fingerprint density at radius 3 is 2.52 bits per heavy atom. The normalized spacial score (nSPS) is 12.2. The van der Waals surface area contributed by atoms with Gasteiger partial charge in [-0.25, -0.2) is 0 Å². The van der Waals surface area contributed by atoms with Gasteiger partial charge in [-0.15, -0.1) is 0 Å². The number of aliphatic hydroxyl groups excluding tert-OH is 1. The summed E-state index contributed by atoms with van der Waals surface area (Å²) in [4.78, 5) is 16.3. The number of rotatable bonds is 7. The first kappa shape index (κ1) is 17.5. The first-order valence-corrected chi connectivity index (χ1v) is 8.37. The summed E-state index contributed by atoms with van der Waals surface area (Å²) in [6.45, 7) is 2.33. The Kier molecular flexibility index (Phi) is 6.65. The number of aliphatic hydroxyl groups is 1. The summed E-state index contributed by atoms with van der Waals surface area (Å²) < 4.78 is 0. The molecule has 0 saturated carbocycles. The van der Waals surface area contributed by atoms with E-state index in [9.17, 15) is 4.79 Å². The number of nitrogens with zero attached hydrogens (tertiary/aromatic N) is 1. The molecule has 5 heteroatoms. The van der Waals surface area contributed by atoms with Crippen molar-refractivity contribution in [2.75, 3.05) is 25.5 Å². The first-order valence-electron chi connectivity index (χ1n) is 7.55. The number of anilines is 1. The van der Waals surface area contributed by atoms with E-state index in [0.29, 0.717) is 6.54 Å². The van der Waals surface area contributed by atoms with Crippen molar-refractivity contribution >= 4 is 23.4 Å². The highest BCUT2D eigenvalue weighted by molar-refractivity contribution is 7.99. The summed E-state index contributed by atoms with van der Waals surface area (Å²) in [6, 6.07) is 17.5. The molecule has 122 valence electrons. The summed E-state index contributed by atoms with van der Waals surface area (Å²) in [5.41, 5.74) is 0.801. The molecule has 2 aromatic rings. The lowest BCUT2D eigenvalue weighted by molar-refractivity contribution is -0.120. The third-order valence-electron chi connectivity index (χ3n) is 3.61. The molecule has 1 atom stereocenters. The zero-order valence-electron chi connectivity index (χ0n) is 13.4. The fourth-order valence-electron chi connectivity index (χ4n) is 2.06. The van der Waals surface area contributed by atoms with Gasteiger partial charge in [-0.05, 0) is 38.2 Å². The van der Waals surface area contributed by atoms with Crippen LogP contribution in [0.15, 0.2) is 64.4 Å². The van der Waals surface area contributed by atoms with Gasteiger partial charge in [-0.1, -0.05) is 42.1 Å². The van der Waals surface area contributed by atoms with Crippen LogP contribution in [0.5, 0.6) is 0 Å². The van der Waals surface area contributed by atoms with E-state index in [1.165, 1.54) is 0 Å². The number of likely N-dealkylation sites (N-methyl/N-ethyl adjacent to an activating group) is 1.